The van der Waals surface area contributed by atoms with Crippen LogP contribution >= 0.6 is 12.4 Å². The molecule has 1 saturated carbocycles. The third-order valence-electron chi connectivity index (χ3n) is 3.67. The molecule has 4 heteroatoms. The molecule has 2 unspecified atom stereocenters. The first-order valence-corrected chi connectivity index (χ1v) is 6.80. The van der Waals surface area contributed by atoms with E-state index in [0.717, 1.165) is 12.0 Å². The van der Waals surface area contributed by atoms with Gasteiger partial charge in [0.1, 0.15) is 0 Å². The van der Waals surface area contributed by atoms with E-state index in [1.807, 2.05) is 37.3 Å². The summed E-state index contributed by atoms with van der Waals surface area (Å²) in [4.78, 5) is 12.2. The van der Waals surface area contributed by atoms with E-state index in [0.29, 0.717) is 12.5 Å². The number of benzene rings is 1. The molecule has 0 aliphatic heterocycles. The fourth-order valence-corrected chi connectivity index (χ4v) is 2.29. The van der Waals surface area contributed by atoms with Crippen molar-refractivity contribution in [1.29, 1.82) is 0 Å². The summed E-state index contributed by atoms with van der Waals surface area (Å²) in [5.74, 6) is 0.666. The van der Waals surface area contributed by atoms with E-state index in [1.54, 1.807) is 0 Å². The summed E-state index contributed by atoms with van der Waals surface area (Å²) in [5.41, 5.74) is 7.07. The van der Waals surface area contributed by atoms with Crippen LogP contribution in [0.2, 0.25) is 0 Å². The molecule has 0 spiro atoms. The third-order valence-corrected chi connectivity index (χ3v) is 3.67. The Hall–Kier alpha value is -1.06. The molecule has 3 nitrogen and oxygen atoms in total. The van der Waals surface area contributed by atoms with E-state index < -0.39 is 0 Å². The van der Waals surface area contributed by atoms with Crippen molar-refractivity contribution in [2.24, 2.45) is 11.7 Å². The Morgan fingerprint density at radius 2 is 2.00 bits per heavy atom. The van der Waals surface area contributed by atoms with Crippen molar-refractivity contribution in [2.45, 2.75) is 38.1 Å². The van der Waals surface area contributed by atoms with Crippen molar-refractivity contribution in [1.82, 2.24) is 5.32 Å². The maximum Gasteiger partial charge on any atom is 0.227 e. The average molecular weight is 283 g/mol. The van der Waals surface area contributed by atoms with Crippen molar-refractivity contribution in [3.05, 3.63) is 35.9 Å². The summed E-state index contributed by atoms with van der Waals surface area (Å²) < 4.78 is 0. The first kappa shape index (κ1) is 16.0. The van der Waals surface area contributed by atoms with Gasteiger partial charge in [-0.2, -0.15) is 0 Å². The molecule has 0 aromatic heterocycles. The maximum absolute atomic E-state index is 12.2. The lowest BCUT2D eigenvalue weighted by atomic mass is 9.95. The number of rotatable bonds is 6. The van der Waals surface area contributed by atoms with Gasteiger partial charge in [0, 0.05) is 12.6 Å². The maximum atomic E-state index is 12.2. The Morgan fingerprint density at radius 1 is 1.37 bits per heavy atom. The van der Waals surface area contributed by atoms with Crippen molar-refractivity contribution in [3.8, 4) is 0 Å². The predicted molar refractivity (Wildman–Crippen MR) is 80.4 cm³/mol. The standard InChI is InChI=1S/C15H22N2O.ClH/c1-2-13(11-6-4-3-5-7-11)15(18)17-10-14(16)12-8-9-12;/h3-7,12-14H,2,8-10,16H2,1H3,(H,17,18);1H. The SMILES string of the molecule is CCC(C(=O)NCC(N)C1CC1)c1ccccc1.Cl. The van der Waals surface area contributed by atoms with Crippen molar-refractivity contribution in [2.75, 3.05) is 6.54 Å². The van der Waals surface area contributed by atoms with Gasteiger partial charge in [0.05, 0.1) is 5.92 Å². The quantitative estimate of drug-likeness (QED) is 0.842. The summed E-state index contributed by atoms with van der Waals surface area (Å²) in [6.07, 6.45) is 3.24. The zero-order valence-corrected chi connectivity index (χ0v) is 12.2. The van der Waals surface area contributed by atoms with Crippen LogP contribution in [-0.4, -0.2) is 18.5 Å². The van der Waals surface area contributed by atoms with Gasteiger partial charge in [-0.15, -0.1) is 12.4 Å². The van der Waals surface area contributed by atoms with Gasteiger partial charge in [-0.05, 0) is 30.7 Å². The van der Waals surface area contributed by atoms with Gasteiger partial charge in [0.25, 0.3) is 0 Å². The highest BCUT2D eigenvalue weighted by molar-refractivity contribution is 5.85. The fourth-order valence-electron chi connectivity index (χ4n) is 2.29. The number of carbonyl (C=O) groups excluding carboxylic acids is 1. The zero-order chi connectivity index (χ0) is 13.0. The van der Waals surface area contributed by atoms with Crippen molar-refractivity contribution >= 4 is 18.3 Å². The topological polar surface area (TPSA) is 55.1 Å². The van der Waals surface area contributed by atoms with Crippen LogP contribution in [0.1, 0.15) is 37.7 Å². The van der Waals surface area contributed by atoms with Gasteiger partial charge in [-0.3, -0.25) is 4.79 Å². The Balaban J connectivity index is 0.00000180. The Labute approximate surface area is 121 Å². The fraction of sp³-hybridized carbons (Fsp3) is 0.533. The first-order valence-electron chi connectivity index (χ1n) is 6.80. The molecule has 1 aliphatic carbocycles. The van der Waals surface area contributed by atoms with Crippen LogP contribution in [0.5, 0.6) is 0 Å². The van der Waals surface area contributed by atoms with Gasteiger partial charge in [0.2, 0.25) is 5.91 Å². The minimum atomic E-state index is -0.0578. The van der Waals surface area contributed by atoms with Crippen LogP contribution < -0.4 is 11.1 Å². The second-order valence-corrected chi connectivity index (χ2v) is 5.12. The molecule has 0 radical (unpaired) electrons. The van der Waals surface area contributed by atoms with Crippen LogP contribution in [0, 0.1) is 5.92 Å². The van der Waals surface area contributed by atoms with Gasteiger partial charge in [-0.1, -0.05) is 37.3 Å². The Bertz CT molecular complexity index is 392. The number of nitrogens with one attached hydrogen (secondary N) is 1. The minimum Gasteiger partial charge on any atom is -0.354 e. The van der Waals surface area contributed by atoms with Crippen molar-refractivity contribution < 1.29 is 4.79 Å². The molecule has 0 bridgehead atoms. The zero-order valence-electron chi connectivity index (χ0n) is 11.3. The monoisotopic (exact) mass is 282 g/mol. The van der Waals surface area contributed by atoms with E-state index >= 15 is 0 Å². The van der Waals surface area contributed by atoms with E-state index in [9.17, 15) is 4.79 Å². The smallest absolute Gasteiger partial charge is 0.227 e. The molecule has 1 aliphatic rings. The highest BCUT2D eigenvalue weighted by Crippen LogP contribution is 2.31. The number of carbonyl (C=O) groups is 1. The number of hydrogen-bond acceptors (Lipinski definition) is 2. The van der Waals surface area contributed by atoms with Crippen LogP contribution in [0.15, 0.2) is 30.3 Å². The lowest BCUT2D eigenvalue weighted by molar-refractivity contribution is -0.122. The lowest BCUT2D eigenvalue weighted by Gasteiger charge is -2.17. The van der Waals surface area contributed by atoms with Crippen molar-refractivity contribution in [3.63, 3.8) is 0 Å². The van der Waals surface area contributed by atoms with E-state index in [2.05, 4.69) is 5.32 Å². The Kier molecular flexibility index (Phi) is 6.32. The molecule has 0 heterocycles. The summed E-state index contributed by atoms with van der Waals surface area (Å²) in [6.45, 7) is 2.64. The first-order chi connectivity index (χ1) is 8.72. The number of halogens is 1. The second kappa shape index (κ2) is 7.51. The van der Waals surface area contributed by atoms with Crippen LogP contribution in [0.25, 0.3) is 0 Å². The largest absolute Gasteiger partial charge is 0.354 e. The number of hydrogen-bond donors (Lipinski definition) is 2. The summed E-state index contributed by atoms with van der Waals surface area (Å²) in [6, 6.07) is 10.1. The van der Waals surface area contributed by atoms with Gasteiger partial charge in [-0.25, -0.2) is 0 Å². The minimum absolute atomic E-state index is 0. The molecule has 1 aromatic carbocycles. The van der Waals surface area contributed by atoms with E-state index in [1.165, 1.54) is 12.8 Å². The summed E-state index contributed by atoms with van der Waals surface area (Å²) >= 11 is 0. The molecule has 19 heavy (non-hydrogen) atoms. The van der Waals surface area contributed by atoms with Crippen LogP contribution in [0.3, 0.4) is 0 Å². The molecule has 1 fully saturated rings. The molecule has 1 amide bonds. The molecule has 0 saturated heterocycles. The molecular formula is C15H23ClN2O. The summed E-state index contributed by atoms with van der Waals surface area (Å²) in [7, 11) is 0. The Morgan fingerprint density at radius 3 is 2.53 bits per heavy atom. The predicted octanol–water partition coefficient (Wildman–Crippen LogP) is 2.46. The number of amides is 1. The van der Waals surface area contributed by atoms with E-state index in [4.69, 9.17) is 5.73 Å². The summed E-state index contributed by atoms with van der Waals surface area (Å²) in [5, 5.41) is 2.99. The molecular weight excluding hydrogens is 260 g/mol. The molecule has 106 valence electrons. The van der Waals surface area contributed by atoms with Crippen LogP contribution in [0.4, 0.5) is 0 Å². The lowest BCUT2D eigenvalue weighted by Crippen LogP contribution is -2.40. The molecule has 2 rings (SSSR count). The highest BCUT2D eigenvalue weighted by Gasteiger charge is 2.29. The molecule has 1 aromatic rings. The average Bonchev–Trinajstić information content (AvgIpc) is 3.22. The highest BCUT2D eigenvalue weighted by atomic mass is 35.5. The molecule has 2 atom stereocenters. The van der Waals surface area contributed by atoms with Gasteiger partial charge < -0.3 is 11.1 Å². The molecule has 3 N–H and O–H groups in total. The second-order valence-electron chi connectivity index (χ2n) is 5.12. The van der Waals surface area contributed by atoms with Gasteiger partial charge >= 0.3 is 0 Å². The van der Waals surface area contributed by atoms with E-state index in [-0.39, 0.29) is 30.3 Å². The normalized spacial score (nSPS) is 17.2. The third kappa shape index (κ3) is 4.51. The van der Waals surface area contributed by atoms with Gasteiger partial charge in [0.15, 0.2) is 0 Å². The van der Waals surface area contributed by atoms with Crippen LogP contribution in [-0.2, 0) is 4.79 Å². The number of nitrogens with two attached hydrogens (primary N) is 1.